The fourth-order valence-corrected chi connectivity index (χ4v) is 6.07. The second kappa shape index (κ2) is 9.93. The first-order valence-electron chi connectivity index (χ1n) is 10.1. The number of hydrogen-bond acceptors (Lipinski definition) is 7. The van der Waals surface area contributed by atoms with E-state index in [1.807, 2.05) is 18.2 Å². The van der Waals surface area contributed by atoms with Crippen LogP contribution in [0.3, 0.4) is 0 Å². The Bertz CT molecular complexity index is 1210. The number of fused-ring (bicyclic) bond motifs is 1. The third-order valence-corrected chi connectivity index (χ3v) is 8.42. The molecule has 1 amide bonds. The van der Waals surface area contributed by atoms with Gasteiger partial charge in [0, 0.05) is 49.3 Å². The van der Waals surface area contributed by atoms with Crippen LogP contribution < -0.4 is 10.2 Å². The molecule has 2 heterocycles. The number of thiazole rings is 1. The molecule has 0 saturated carbocycles. The van der Waals surface area contributed by atoms with E-state index in [1.54, 1.807) is 11.3 Å². The van der Waals surface area contributed by atoms with Crippen LogP contribution in [0.2, 0.25) is 10.0 Å². The van der Waals surface area contributed by atoms with Gasteiger partial charge in [0.05, 0.1) is 15.1 Å². The van der Waals surface area contributed by atoms with Gasteiger partial charge in [-0.15, -0.1) is 0 Å². The second-order valence-corrected chi connectivity index (χ2v) is 11.4. The summed E-state index contributed by atoms with van der Waals surface area (Å²) in [5.74, 6) is -1.09. The van der Waals surface area contributed by atoms with Crippen molar-refractivity contribution in [2.24, 2.45) is 0 Å². The van der Waals surface area contributed by atoms with E-state index in [0.717, 1.165) is 41.5 Å². The molecule has 1 aliphatic rings. The first-order chi connectivity index (χ1) is 15.3. The van der Waals surface area contributed by atoms with E-state index in [1.165, 1.54) is 24.3 Å². The first kappa shape index (κ1) is 23.3. The van der Waals surface area contributed by atoms with Crippen LogP contribution in [0, 0.1) is 0 Å². The van der Waals surface area contributed by atoms with Crippen molar-refractivity contribution in [3.63, 3.8) is 0 Å². The van der Waals surface area contributed by atoms with Crippen molar-refractivity contribution in [1.82, 2.24) is 15.2 Å². The second-order valence-electron chi connectivity index (χ2n) is 7.50. The minimum absolute atomic E-state index is 0.0882. The fourth-order valence-electron chi connectivity index (χ4n) is 3.49. The number of hydrogen-bond donors (Lipinski definition) is 1. The average Bonchev–Trinajstić information content (AvgIpc) is 3.17. The molecule has 2 aromatic carbocycles. The Kier molecular flexibility index (Phi) is 7.21. The van der Waals surface area contributed by atoms with Crippen LogP contribution in [0.1, 0.15) is 0 Å². The summed E-state index contributed by atoms with van der Waals surface area (Å²) in [5.41, 5.74) is 0.952. The molecule has 0 aliphatic carbocycles. The van der Waals surface area contributed by atoms with Gasteiger partial charge in [-0.25, -0.2) is 13.4 Å². The minimum Gasteiger partial charge on any atom is -0.354 e. The van der Waals surface area contributed by atoms with E-state index in [9.17, 15) is 13.2 Å². The Balaban J connectivity index is 1.21. The molecule has 0 bridgehead atoms. The number of nitrogens with zero attached hydrogens (tertiary/aromatic N) is 3. The molecule has 0 radical (unpaired) electrons. The Labute approximate surface area is 200 Å². The van der Waals surface area contributed by atoms with Gasteiger partial charge >= 0.3 is 0 Å². The summed E-state index contributed by atoms with van der Waals surface area (Å²) >= 11 is 13.5. The van der Waals surface area contributed by atoms with Crippen LogP contribution in [0.4, 0.5) is 5.13 Å². The molecule has 32 heavy (non-hydrogen) atoms. The molecule has 3 aromatic rings. The predicted molar refractivity (Wildman–Crippen MR) is 130 cm³/mol. The average molecular weight is 513 g/mol. The maximum absolute atomic E-state index is 12.3. The van der Waals surface area contributed by atoms with Gasteiger partial charge in [0.15, 0.2) is 15.0 Å². The van der Waals surface area contributed by atoms with Crippen molar-refractivity contribution < 1.29 is 13.2 Å². The van der Waals surface area contributed by atoms with Gasteiger partial charge in [0.25, 0.3) is 0 Å². The van der Waals surface area contributed by atoms with Crippen LogP contribution in [0.15, 0.2) is 47.4 Å². The van der Waals surface area contributed by atoms with E-state index in [4.69, 9.17) is 28.2 Å². The smallest absolute Gasteiger partial charge is 0.235 e. The van der Waals surface area contributed by atoms with Crippen LogP contribution in [-0.4, -0.2) is 69.2 Å². The highest BCUT2D eigenvalue weighted by molar-refractivity contribution is 7.92. The number of anilines is 1. The molecule has 1 saturated heterocycles. The third-order valence-electron chi connectivity index (χ3n) is 5.23. The quantitative estimate of drug-likeness (QED) is 0.522. The number of halogens is 2. The molecule has 1 N–H and O–H groups in total. The Morgan fingerprint density at radius 1 is 1.03 bits per heavy atom. The van der Waals surface area contributed by atoms with Crippen molar-refractivity contribution in [3.8, 4) is 0 Å². The van der Waals surface area contributed by atoms with Gasteiger partial charge in [-0.05, 0) is 42.5 Å². The SMILES string of the molecule is O=C(CS(=O)(=O)c1ccc(Cl)cc1)NCCN1CCN(c2nc3ccc(Cl)cc3s2)CC1. The molecule has 1 aliphatic heterocycles. The normalized spacial score (nSPS) is 15.2. The van der Waals surface area contributed by atoms with Crippen LogP contribution >= 0.6 is 34.5 Å². The number of sulfone groups is 1. The molecular weight excluding hydrogens is 491 g/mol. The Hall–Kier alpha value is -1.91. The highest BCUT2D eigenvalue weighted by Crippen LogP contribution is 2.31. The summed E-state index contributed by atoms with van der Waals surface area (Å²) in [6, 6.07) is 11.5. The summed E-state index contributed by atoms with van der Waals surface area (Å²) in [6.07, 6.45) is 0. The van der Waals surface area contributed by atoms with Crippen LogP contribution in [0.25, 0.3) is 10.2 Å². The molecule has 0 spiro atoms. The summed E-state index contributed by atoms with van der Waals surface area (Å²) < 4.78 is 25.8. The third kappa shape index (κ3) is 5.71. The molecule has 0 unspecified atom stereocenters. The van der Waals surface area contributed by atoms with E-state index >= 15 is 0 Å². The number of aromatic nitrogens is 1. The zero-order chi connectivity index (χ0) is 22.7. The van der Waals surface area contributed by atoms with E-state index in [0.29, 0.717) is 23.1 Å². The van der Waals surface area contributed by atoms with Crippen LogP contribution in [0.5, 0.6) is 0 Å². The number of piperazine rings is 1. The van der Waals surface area contributed by atoms with E-state index in [-0.39, 0.29) is 4.90 Å². The van der Waals surface area contributed by atoms with Crippen molar-refractivity contribution in [2.45, 2.75) is 4.90 Å². The van der Waals surface area contributed by atoms with Gasteiger partial charge < -0.3 is 10.2 Å². The van der Waals surface area contributed by atoms with Crippen LogP contribution in [-0.2, 0) is 14.6 Å². The lowest BCUT2D eigenvalue weighted by atomic mass is 10.3. The van der Waals surface area contributed by atoms with E-state index < -0.39 is 21.5 Å². The molecule has 7 nitrogen and oxygen atoms in total. The molecular formula is C21H22Cl2N4O3S2. The lowest BCUT2D eigenvalue weighted by Gasteiger charge is -2.34. The predicted octanol–water partition coefficient (Wildman–Crippen LogP) is 3.32. The maximum Gasteiger partial charge on any atom is 0.235 e. The molecule has 0 atom stereocenters. The summed E-state index contributed by atoms with van der Waals surface area (Å²) in [4.78, 5) is 21.4. The van der Waals surface area contributed by atoms with Gasteiger partial charge in [0.1, 0.15) is 5.75 Å². The topological polar surface area (TPSA) is 82.6 Å². The van der Waals surface area contributed by atoms with Gasteiger partial charge in [0.2, 0.25) is 5.91 Å². The van der Waals surface area contributed by atoms with Gasteiger partial charge in [-0.2, -0.15) is 0 Å². The van der Waals surface area contributed by atoms with Gasteiger partial charge in [-0.1, -0.05) is 34.5 Å². The minimum atomic E-state index is -3.69. The Morgan fingerprint density at radius 3 is 2.44 bits per heavy atom. The lowest BCUT2D eigenvalue weighted by Crippen LogP contribution is -2.48. The maximum atomic E-state index is 12.3. The summed E-state index contributed by atoms with van der Waals surface area (Å²) in [6.45, 7) is 4.43. The lowest BCUT2D eigenvalue weighted by molar-refractivity contribution is -0.118. The number of carbonyl (C=O) groups excluding carboxylic acids is 1. The number of rotatable bonds is 7. The molecule has 1 fully saturated rings. The largest absolute Gasteiger partial charge is 0.354 e. The zero-order valence-electron chi connectivity index (χ0n) is 17.1. The highest BCUT2D eigenvalue weighted by atomic mass is 35.5. The first-order valence-corrected chi connectivity index (χ1v) is 13.3. The molecule has 1 aromatic heterocycles. The summed E-state index contributed by atoms with van der Waals surface area (Å²) in [5, 5.41) is 4.85. The van der Waals surface area contributed by atoms with Crippen molar-refractivity contribution in [2.75, 3.05) is 49.9 Å². The van der Waals surface area contributed by atoms with Crippen molar-refractivity contribution in [3.05, 3.63) is 52.5 Å². The highest BCUT2D eigenvalue weighted by Gasteiger charge is 2.21. The van der Waals surface area contributed by atoms with Gasteiger partial charge in [-0.3, -0.25) is 9.69 Å². The molecule has 4 rings (SSSR count). The Morgan fingerprint density at radius 2 is 1.72 bits per heavy atom. The number of carbonyl (C=O) groups is 1. The van der Waals surface area contributed by atoms with Crippen molar-refractivity contribution in [1.29, 1.82) is 0 Å². The summed E-state index contributed by atoms with van der Waals surface area (Å²) in [7, 11) is -3.69. The molecule has 11 heteroatoms. The number of nitrogens with one attached hydrogen (secondary N) is 1. The van der Waals surface area contributed by atoms with Crippen molar-refractivity contribution >= 4 is 65.6 Å². The van der Waals surface area contributed by atoms with E-state index in [2.05, 4.69) is 15.1 Å². The molecule has 170 valence electrons. The fraction of sp³-hybridized carbons (Fsp3) is 0.333. The zero-order valence-corrected chi connectivity index (χ0v) is 20.3. The monoisotopic (exact) mass is 512 g/mol. The number of amides is 1. The number of benzene rings is 2. The standard InChI is InChI=1S/C21H22Cl2N4O3S2/c22-15-1-4-17(5-2-15)32(29,30)14-20(28)24-7-8-26-9-11-27(12-10-26)21-25-18-6-3-16(23)13-19(18)31-21/h1-6,13H,7-12,14H2,(H,24,28).